The first-order valence-corrected chi connectivity index (χ1v) is 3.02. The fourth-order valence-corrected chi connectivity index (χ4v) is 0.420. The van der Waals surface area contributed by atoms with Gasteiger partial charge in [0.05, 0.1) is 0 Å². The normalized spacial score (nSPS) is 8.33. The molecule has 0 radical (unpaired) electrons. The van der Waals surface area contributed by atoms with Gasteiger partial charge in [-0.2, -0.15) is 0 Å². The van der Waals surface area contributed by atoms with Crippen molar-refractivity contribution in [1.29, 1.82) is 0 Å². The van der Waals surface area contributed by atoms with Crippen molar-refractivity contribution in [2.75, 3.05) is 0 Å². The van der Waals surface area contributed by atoms with Gasteiger partial charge in [-0.3, -0.25) is 4.79 Å². The zero-order valence-corrected chi connectivity index (χ0v) is 6.46. The van der Waals surface area contributed by atoms with E-state index in [9.17, 15) is 4.79 Å². The molecule has 0 aliphatic heterocycles. The lowest BCUT2D eigenvalue weighted by Crippen LogP contribution is -1.91. The third kappa shape index (κ3) is 4.25. The number of allylic oxidation sites excluding steroid dienone is 2. The fourth-order valence-electron chi connectivity index (χ4n) is 0.222. The first-order valence-electron chi connectivity index (χ1n) is 2.26. The lowest BCUT2D eigenvalue weighted by molar-refractivity contribution is -0.111. The van der Waals surface area contributed by atoms with Gasteiger partial charge in [0.25, 0.3) is 0 Å². The van der Waals surface area contributed by atoms with Gasteiger partial charge >= 0.3 is 0 Å². The van der Waals surface area contributed by atoms with Crippen LogP contribution in [-0.4, -0.2) is 5.78 Å². The Morgan fingerprint density at radius 2 is 2.00 bits per heavy atom. The minimum Gasteiger partial charge on any atom is -0.290 e. The summed E-state index contributed by atoms with van der Waals surface area (Å²) in [6, 6.07) is 0. The van der Waals surface area contributed by atoms with Crippen LogP contribution in [0.2, 0.25) is 0 Å². The Morgan fingerprint density at radius 1 is 1.56 bits per heavy atom. The third-order valence-corrected chi connectivity index (χ3v) is 0.879. The van der Waals surface area contributed by atoms with Gasteiger partial charge in [0.1, 0.15) is 4.49 Å². The van der Waals surface area contributed by atoms with Crippen molar-refractivity contribution in [2.45, 2.75) is 6.92 Å². The minimum atomic E-state index is -0.241. The molecular weight excluding hydrogens is 159 g/mol. The topological polar surface area (TPSA) is 17.1 Å². The molecule has 0 bridgehead atoms. The molecule has 50 valence electrons. The SMILES string of the molecule is C=C(C)C(=O)C=C(Cl)Cl. The summed E-state index contributed by atoms with van der Waals surface area (Å²) in [7, 11) is 0. The second kappa shape index (κ2) is 3.70. The maximum absolute atomic E-state index is 10.6. The Morgan fingerprint density at radius 3 is 2.11 bits per heavy atom. The van der Waals surface area contributed by atoms with Crippen molar-refractivity contribution in [2.24, 2.45) is 0 Å². The van der Waals surface area contributed by atoms with Crippen LogP contribution in [-0.2, 0) is 4.79 Å². The van der Waals surface area contributed by atoms with Crippen LogP contribution < -0.4 is 0 Å². The Labute approximate surface area is 64.0 Å². The summed E-state index contributed by atoms with van der Waals surface area (Å²) in [5.74, 6) is -0.241. The molecule has 0 aliphatic rings. The van der Waals surface area contributed by atoms with Crippen molar-refractivity contribution in [3.8, 4) is 0 Å². The standard InChI is InChI=1S/C6H6Cl2O/c1-4(2)5(9)3-6(7)8/h3H,1H2,2H3. The predicted octanol–water partition coefficient (Wildman–Crippen LogP) is 2.45. The molecule has 0 unspecified atom stereocenters. The molecular formula is C6H6Cl2O. The highest BCUT2D eigenvalue weighted by Crippen LogP contribution is 2.07. The van der Waals surface area contributed by atoms with Crippen LogP contribution in [0.3, 0.4) is 0 Å². The maximum atomic E-state index is 10.6. The average Bonchev–Trinajstić information content (AvgIpc) is 1.63. The largest absolute Gasteiger partial charge is 0.290 e. The van der Waals surface area contributed by atoms with Crippen molar-refractivity contribution in [3.05, 3.63) is 22.7 Å². The predicted molar refractivity (Wildman–Crippen MR) is 39.6 cm³/mol. The zero-order chi connectivity index (χ0) is 7.44. The van der Waals surface area contributed by atoms with Gasteiger partial charge in [0.2, 0.25) is 0 Å². The molecule has 0 heterocycles. The van der Waals surface area contributed by atoms with Crippen LogP contribution in [0.15, 0.2) is 22.7 Å². The summed E-state index contributed by atoms with van der Waals surface area (Å²) in [4.78, 5) is 10.6. The molecule has 3 heteroatoms. The number of rotatable bonds is 2. The van der Waals surface area contributed by atoms with E-state index >= 15 is 0 Å². The summed E-state index contributed by atoms with van der Waals surface area (Å²) in [6.07, 6.45) is 1.12. The Kier molecular flexibility index (Phi) is 3.59. The average molecular weight is 165 g/mol. The zero-order valence-electron chi connectivity index (χ0n) is 4.95. The van der Waals surface area contributed by atoms with Gasteiger partial charge in [-0.25, -0.2) is 0 Å². The summed E-state index contributed by atoms with van der Waals surface area (Å²) in [6.45, 7) is 4.99. The van der Waals surface area contributed by atoms with Crippen molar-refractivity contribution in [3.63, 3.8) is 0 Å². The van der Waals surface area contributed by atoms with E-state index in [4.69, 9.17) is 23.2 Å². The van der Waals surface area contributed by atoms with Gasteiger partial charge < -0.3 is 0 Å². The van der Waals surface area contributed by atoms with Gasteiger partial charge in [-0.05, 0) is 12.5 Å². The highest BCUT2D eigenvalue weighted by molar-refractivity contribution is 6.56. The van der Waals surface area contributed by atoms with Crippen LogP contribution in [0.1, 0.15) is 6.92 Å². The van der Waals surface area contributed by atoms with Crippen LogP contribution in [0.4, 0.5) is 0 Å². The van der Waals surface area contributed by atoms with E-state index in [0.29, 0.717) is 5.57 Å². The van der Waals surface area contributed by atoms with E-state index in [1.54, 1.807) is 6.92 Å². The monoisotopic (exact) mass is 164 g/mol. The number of carbonyl (C=O) groups excluding carboxylic acids is 1. The second-order valence-electron chi connectivity index (χ2n) is 1.58. The summed E-state index contributed by atoms with van der Waals surface area (Å²) in [5, 5.41) is 0. The van der Waals surface area contributed by atoms with Gasteiger partial charge in [-0.15, -0.1) is 0 Å². The van der Waals surface area contributed by atoms with E-state index in [1.807, 2.05) is 0 Å². The third-order valence-electron chi connectivity index (χ3n) is 0.661. The molecule has 0 saturated heterocycles. The molecule has 0 N–H and O–H groups in total. The highest BCUT2D eigenvalue weighted by Gasteiger charge is 1.96. The number of hydrogen-bond acceptors (Lipinski definition) is 1. The Balaban J connectivity index is 4.09. The molecule has 0 saturated carbocycles. The first kappa shape index (κ1) is 8.73. The molecule has 0 aromatic rings. The maximum Gasteiger partial charge on any atom is 0.183 e. The lowest BCUT2D eigenvalue weighted by Gasteiger charge is -1.87. The first-order chi connectivity index (χ1) is 4.04. The molecule has 0 fully saturated rings. The Hall–Kier alpha value is -0.270. The number of ketones is 1. The number of carbonyl (C=O) groups is 1. The minimum absolute atomic E-state index is 0.0389. The summed E-state index contributed by atoms with van der Waals surface area (Å²) >= 11 is 10.4. The molecule has 0 spiro atoms. The van der Waals surface area contributed by atoms with Crippen LogP contribution >= 0.6 is 23.2 Å². The smallest absolute Gasteiger partial charge is 0.183 e. The van der Waals surface area contributed by atoms with Crippen LogP contribution in [0.5, 0.6) is 0 Å². The lowest BCUT2D eigenvalue weighted by atomic mass is 10.2. The summed E-state index contributed by atoms with van der Waals surface area (Å²) < 4.78 is -0.0389. The fraction of sp³-hybridized carbons (Fsp3) is 0.167. The van der Waals surface area contributed by atoms with Crippen LogP contribution in [0.25, 0.3) is 0 Å². The number of hydrogen-bond donors (Lipinski definition) is 0. The second-order valence-corrected chi connectivity index (χ2v) is 2.59. The quantitative estimate of drug-likeness (QED) is 0.574. The van der Waals surface area contributed by atoms with Gasteiger partial charge in [0.15, 0.2) is 5.78 Å². The molecule has 0 aromatic heterocycles. The van der Waals surface area contributed by atoms with Gasteiger partial charge in [0, 0.05) is 6.08 Å². The molecule has 0 aromatic carbocycles. The van der Waals surface area contributed by atoms with E-state index in [-0.39, 0.29) is 10.3 Å². The highest BCUT2D eigenvalue weighted by atomic mass is 35.5. The molecule has 0 atom stereocenters. The molecule has 1 nitrogen and oxygen atoms in total. The van der Waals surface area contributed by atoms with Gasteiger partial charge in [-0.1, -0.05) is 29.8 Å². The van der Waals surface area contributed by atoms with Crippen molar-refractivity contribution in [1.82, 2.24) is 0 Å². The molecule has 0 amide bonds. The van der Waals surface area contributed by atoms with Crippen molar-refractivity contribution >= 4 is 29.0 Å². The molecule has 9 heavy (non-hydrogen) atoms. The van der Waals surface area contributed by atoms with Crippen molar-refractivity contribution < 1.29 is 4.79 Å². The Bertz CT molecular complexity index is 166. The van der Waals surface area contributed by atoms with Crippen LogP contribution in [0, 0.1) is 0 Å². The van der Waals surface area contributed by atoms with E-state index in [2.05, 4.69) is 6.58 Å². The molecule has 0 aliphatic carbocycles. The number of halogens is 2. The van der Waals surface area contributed by atoms with E-state index in [0.717, 1.165) is 6.08 Å². The van der Waals surface area contributed by atoms with E-state index < -0.39 is 0 Å². The summed E-state index contributed by atoms with van der Waals surface area (Å²) in [5.41, 5.74) is 0.425. The molecule has 0 rings (SSSR count). The van der Waals surface area contributed by atoms with E-state index in [1.165, 1.54) is 0 Å².